The monoisotopic (exact) mass is 367 g/mol. The maximum atomic E-state index is 13.2. The second kappa shape index (κ2) is 8.18. The molecule has 0 radical (unpaired) electrons. The van der Waals surface area contributed by atoms with Crippen molar-refractivity contribution in [3.05, 3.63) is 72.2 Å². The third-order valence-corrected chi connectivity index (χ3v) is 3.76. The van der Waals surface area contributed by atoms with Gasteiger partial charge in [-0.15, -0.1) is 0 Å². The molecule has 1 heterocycles. The molecule has 0 saturated carbocycles. The highest BCUT2D eigenvalue weighted by Gasteiger charge is 2.11. The van der Waals surface area contributed by atoms with Gasteiger partial charge in [-0.05, 0) is 48.5 Å². The van der Waals surface area contributed by atoms with Crippen molar-refractivity contribution in [3.8, 4) is 11.5 Å². The van der Waals surface area contributed by atoms with Gasteiger partial charge in [0.25, 0.3) is 5.91 Å². The third kappa shape index (κ3) is 4.52. The van der Waals surface area contributed by atoms with Crippen LogP contribution in [0.5, 0.6) is 11.5 Å². The van der Waals surface area contributed by atoms with Crippen LogP contribution in [0, 0.1) is 5.82 Å². The fraction of sp³-hybridized carbons (Fsp3) is 0.100. The number of benzene rings is 2. The highest BCUT2D eigenvalue weighted by Crippen LogP contribution is 2.28. The number of methoxy groups -OCH3 is 2. The summed E-state index contributed by atoms with van der Waals surface area (Å²) in [5.41, 5.74) is 1.54. The molecule has 2 N–H and O–H groups in total. The molecular formula is C20H18FN3O3. The minimum absolute atomic E-state index is 0.302. The summed E-state index contributed by atoms with van der Waals surface area (Å²) < 4.78 is 23.6. The molecule has 0 aliphatic rings. The van der Waals surface area contributed by atoms with Crippen molar-refractivity contribution in [3.63, 3.8) is 0 Å². The van der Waals surface area contributed by atoms with Crippen LogP contribution in [-0.2, 0) is 0 Å². The summed E-state index contributed by atoms with van der Waals surface area (Å²) >= 11 is 0. The van der Waals surface area contributed by atoms with E-state index in [1.165, 1.54) is 32.5 Å². The van der Waals surface area contributed by atoms with E-state index in [4.69, 9.17) is 9.47 Å². The van der Waals surface area contributed by atoms with E-state index in [9.17, 15) is 9.18 Å². The first-order valence-corrected chi connectivity index (χ1v) is 8.11. The van der Waals surface area contributed by atoms with Crippen LogP contribution in [0.2, 0.25) is 0 Å². The topological polar surface area (TPSA) is 72.5 Å². The average Bonchev–Trinajstić information content (AvgIpc) is 2.69. The Kier molecular flexibility index (Phi) is 5.51. The van der Waals surface area contributed by atoms with E-state index in [0.29, 0.717) is 34.3 Å². The van der Waals surface area contributed by atoms with Crippen molar-refractivity contribution >= 4 is 23.1 Å². The van der Waals surface area contributed by atoms with Gasteiger partial charge in [0.2, 0.25) is 0 Å². The smallest absolute Gasteiger partial charge is 0.255 e. The quantitative estimate of drug-likeness (QED) is 0.682. The van der Waals surface area contributed by atoms with Crippen molar-refractivity contribution in [2.24, 2.45) is 0 Å². The maximum absolute atomic E-state index is 13.2. The van der Waals surface area contributed by atoms with Gasteiger partial charge >= 0.3 is 0 Å². The van der Waals surface area contributed by atoms with E-state index in [1.54, 1.807) is 42.5 Å². The zero-order valence-electron chi connectivity index (χ0n) is 14.8. The molecule has 3 rings (SSSR count). The van der Waals surface area contributed by atoms with Gasteiger partial charge < -0.3 is 20.1 Å². The number of carbonyl (C=O) groups excluding carboxylic acids is 1. The lowest BCUT2D eigenvalue weighted by Gasteiger charge is -2.10. The molecule has 6 nitrogen and oxygen atoms in total. The van der Waals surface area contributed by atoms with Gasteiger partial charge in [-0.25, -0.2) is 9.37 Å². The molecule has 0 saturated heterocycles. The standard InChI is InChI=1S/C20H18FN3O3/c1-26-17-8-6-13(10-18(17)27-2)20(25)24-16-7-9-19(22-12-16)23-15-5-3-4-14(21)11-15/h3-12H,1-2H3,(H,22,23)(H,24,25). The van der Waals surface area contributed by atoms with E-state index in [-0.39, 0.29) is 11.7 Å². The van der Waals surface area contributed by atoms with E-state index in [0.717, 1.165) is 0 Å². The van der Waals surface area contributed by atoms with Crippen molar-refractivity contribution in [2.75, 3.05) is 24.9 Å². The van der Waals surface area contributed by atoms with Gasteiger partial charge in [0.05, 0.1) is 26.1 Å². The first-order chi connectivity index (χ1) is 13.1. The van der Waals surface area contributed by atoms with Crippen molar-refractivity contribution < 1.29 is 18.7 Å². The summed E-state index contributed by atoms with van der Waals surface area (Å²) in [7, 11) is 3.04. The van der Waals surface area contributed by atoms with Gasteiger partial charge in [-0.3, -0.25) is 4.79 Å². The zero-order chi connectivity index (χ0) is 19.2. The minimum atomic E-state index is -0.334. The van der Waals surface area contributed by atoms with Crippen LogP contribution in [0.15, 0.2) is 60.8 Å². The Morgan fingerprint density at radius 3 is 2.44 bits per heavy atom. The molecule has 138 valence electrons. The zero-order valence-corrected chi connectivity index (χ0v) is 14.8. The number of hydrogen-bond donors (Lipinski definition) is 2. The molecule has 0 aliphatic heterocycles. The number of halogens is 1. The number of nitrogens with one attached hydrogen (secondary N) is 2. The molecule has 0 atom stereocenters. The average molecular weight is 367 g/mol. The Morgan fingerprint density at radius 1 is 0.963 bits per heavy atom. The number of pyridine rings is 1. The minimum Gasteiger partial charge on any atom is -0.493 e. The number of amides is 1. The Labute approximate surface area is 156 Å². The SMILES string of the molecule is COc1ccc(C(=O)Nc2ccc(Nc3cccc(F)c3)nc2)cc1OC. The van der Waals surface area contributed by atoms with Crippen LogP contribution in [0.1, 0.15) is 10.4 Å². The Balaban J connectivity index is 1.68. The normalized spacial score (nSPS) is 10.2. The van der Waals surface area contributed by atoms with Gasteiger partial charge in [0, 0.05) is 11.3 Å². The van der Waals surface area contributed by atoms with Gasteiger partial charge in [-0.2, -0.15) is 0 Å². The Hall–Kier alpha value is -3.61. The summed E-state index contributed by atoms with van der Waals surface area (Å²) in [5.74, 6) is 0.911. The Bertz CT molecular complexity index is 945. The number of hydrogen-bond acceptors (Lipinski definition) is 5. The molecule has 3 aromatic rings. The highest BCUT2D eigenvalue weighted by atomic mass is 19.1. The number of ether oxygens (including phenoxy) is 2. The lowest BCUT2D eigenvalue weighted by Crippen LogP contribution is -2.12. The third-order valence-electron chi connectivity index (χ3n) is 3.76. The molecule has 2 aromatic carbocycles. The molecular weight excluding hydrogens is 349 g/mol. The molecule has 27 heavy (non-hydrogen) atoms. The summed E-state index contributed by atoms with van der Waals surface area (Å²) in [6.45, 7) is 0. The van der Waals surface area contributed by atoms with Gasteiger partial charge in [0.15, 0.2) is 11.5 Å². The van der Waals surface area contributed by atoms with E-state index in [2.05, 4.69) is 15.6 Å². The fourth-order valence-corrected chi connectivity index (χ4v) is 2.44. The van der Waals surface area contributed by atoms with E-state index in [1.807, 2.05) is 0 Å². The Morgan fingerprint density at radius 2 is 1.78 bits per heavy atom. The number of nitrogens with zero attached hydrogens (tertiary/aromatic N) is 1. The molecule has 1 aromatic heterocycles. The lowest BCUT2D eigenvalue weighted by molar-refractivity contribution is 0.102. The van der Waals surface area contributed by atoms with Gasteiger partial charge in [0.1, 0.15) is 11.6 Å². The molecule has 0 spiro atoms. The van der Waals surface area contributed by atoms with Crippen LogP contribution >= 0.6 is 0 Å². The molecule has 0 aliphatic carbocycles. The first kappa shape index (κ1) is 18.2. The fourth-order valence-electron chi connectivity index (χ4n) is 2.44. The lowest BCUT2D eigenvalue weighted by atomic mass is 10.2. The van der Waals surface area contributed by atoms with Crippen LogP contribution < -0.4 is 20.1 Å². The molecule has 0 fully saturated rings. The predicted molar refractivity (Wildman–Crippen MR) is 101 cm³/mol. The summed E-state index contributed by atoms with van der Waals surface area (Å²) in [4.78, 5) is 16.6. The number of anilines is 3. The van der Waals surface area contributed by atoms with Crippen molar-refractivity contribution in [2.45, 2.75) is 0 Å². The second-order valence-corrected chi connectivity index (χ2v) is 5.59. The van der Waals surface area contributed by atoms with Crippen LogP contribution in [0.3, 0.4) is 0 Å². The van der Waals surface area contributed by atoms with Crippen molar-refractivity contribution in [1.82, 2.24) is 4.98 Å². The number of carbonyl (C=O) groups is 1. The predicted octanol–water partition coefficient (Wildman–Crippen LogP) is 4.23. The van der Waals surface area contributed by atoms with Crippen molar-refractivity contribution in [1.29, 1.82) is 0 Å². The molecule has 0 bridgehead atoms. The van der Waals surface area contributed by atoms with Crippen LogP contribution in [0.25, 0.3) is 0 Å². The first-order valence-electron chi connectivity index (χ1n) is 8.11. The summed E-state index contributed by atoms with van der Waals surface area (Å²) in [5, 5.41) is 5.75. The summed E-state index contributed by atoms with van der Waals surface area (Å²) in [6.07, 6.45) is 1.51. The van der Waals surface area contributed by atoms with Gasteiger partial charge in [-0.1, -0.05) is 6.07 Å². The number of aromatic nitrogens is 1. The summed E-state index contributed by atoms with van der Waals surface area (Å²) in [6, 6.07) is 14.4. The number of rotatable bonds is 6. The van der Waals surface area contributed by atoms with Crippen LogP contribution in [-0.4, -0.2) is 25.1 Å². The molecule has 7 heteroatoms. The van der Waals surface area contributed by atoms with E-state index >= 15 is 0 Å². The van der Waals surface area contributed by atoms with Crippen LogP contribution in [0.4, 0.5) is 21.6 Å². The highest BCUT2D eigenvalue weighted by molar-refractivity contribution is 6.04. The largest absolute Gasteiger partial charge is 0.493 e. The maximum Gasteiger partial charge on any atom is 0.255 e. The second-order valence-electron chi connectivity index (χ2n) is 5.59. The molecule has 1 amide bonds. The van der Waals surface area contributed by atoms with E-state index < -0.39 is 0 Å². The molecule has 0 unspecified atom stereocenters.